The molecule has 0 saturated heterocycles. The van der Waals surface area contributed by atoms with E-state index < -0.39 is 0 Å². The summed E-state index contributed by atoms with van der Waals surface area (Å²) < 4.78 is 0. The predicted octanol–water partition coefficient (Wildman–Crippen LogP) is 4.83. The fraction of sp³-hybridized carbons (Fsp3) is 0.417. The molecular weight excluding hydrogens is 362 g/mol. The van der Waals surface area contributed by atoms with Crippen molar-refractivity contribution >= 4 is 11.9 Å². The largest absolute Gasteiger partial charge is 0.350 e. The first kappa shape index (κ1) is 22.5. The summed E-state index contributed by atoms with van der Waals surface area (Å²) in [5, 5.41) is 6.00. The van der Waals surface area contributed by atoms with Crippen molar-refractivity contribution in [1.29, 1.82) is 0 Å². The first-order chi connectivity index (χ1) is 14.0. The minimum Gasteiger partial charge on any atom is -0.350 e. The lowest BCUT2D eigenvalue weighted by atomic mass is 10.1. The summed E-state index contributed by atoms with van der Waals surface area (Å²) in [6, 6.07) is 19.5. The van der Waals surface area contributed by atoms with Crippen LogP contribution in [0.3, 0.4) is 0 Å². The highest BCUT2D eigenvalue weighted by atomic mass is 16.2. The molecule has 5 nitrogen and oxygen atoms in total. The molecule has 3 amide bonds. The van der Waals surface area contributed by atoms with Gasteiger partial charge in [-0.05, 0) is 31.4 Å². The van der Waals surface area contributed by atoms with Gasteiger partial charge in [0.25, 0.3) is 0 Å². The van der Waals surface area contributed by atoms with Gasteiger partial charge in [-0.3, -0.25) is 4.79 Å². The number of carbonyl (C=O) groups is 2. The summed E-state index contributed by atoms with van der Waals surface area (Å²) >= 11 is 0. The number of nitrogens with one attached hydrogen (secondary N) is 2. The molecule has 2 rings (SSSR count). The molecule has 0 aliphatic rings. The van der Waals surface area contributed by atoms with Crippen molar-refractivity contribution in [3.05, 3.63) is 71.8 Å². The normalized spacial score (nSPS) is 12.7. The molecule has 2 unspecified atom stereocenters. The van der Waals surface area contributed by atoms with E-state index in [0.29, 0.717) is 13.1 Å². The lowest BCUT2D eigenvalue weighted by Gasteiger charge is -2.30. The Bertz CT molecular complexity index is 749. The molecule has 2 aromatic rings. The molecule has 0 spiro atoms. The van der Waals surface area contributed by atoms with Crippen molar-refractivity contribution in [3.8, 4) is 0 Å². The Morgan fingerprint density at radius 2 is 1.52 bits per heavy atom. The fourth-order valence-electron chi connectivity index (χ4n) is 3.22. The Labute approximate surface area is 174 Å². The lowest BCUT2D eigenvalue weighted by Crippen LogP contribution is -2.43. The number of nitrogens with zero attached hydrogens (tertiary/aromatic N) is 1. The molecule has 5 heteroatoms. The maximum atomic E-state index is 12.8. The number of hydrogen-bond acceptors (Lipinski definition) is 2. The van der Waals surface area contributed by atoms with Crippen LogP contribution in [0.4, 0.5) is 4.79 Å². The number of carbonyl (C=O) groups excluding carboxylic acids is 2. The number of amides is 3. The van der Waals surface area contributed by atoms with Crippen LogP contribution in [-0.2, 0) is 4.79 Å². The van der Waals surface area contributed by atoms with Crippen molar-refractivity contribution in [2.75, 3.05) is 13.1 Å². The van der Waals surface area contributed by atoms with Gasteiger partial charge in [0.1, 0.15) is 0 Å². The van der Waals surface area contributed by atoms with Crippen LogP contribution < -0.4 is 10.6 Å². The third kappa shape index (κ3) is 7.26. The quantitative estimate of drug-likeness (QED) is 0.566. The summed E-state index contributed by atoms with van der Waals surface area (Å²) in [6.07, 6.45) is 2.22. The summed E-state index contributed by atoms with van der Waals surface area (Å²) in [4.78, 5) is 27.0. The van der Waals surface area contributed by atoms with Gasteiger partial charge in [0, 0.05) is 19.5 Å². The zero-order chi connectivity index (χ0) is 21.1. The van der Waals surface area contributed by atoms with Crippen LogP contribution in [0.1, 0.15) is 63.2 Å². The van der Waals surface area contributed by atoms with Gasteiger partial charge >= 0.3 is 6.03 Å². The molecule has 156 valence electrons. The number of benzene rings is 2. The third-order valence-electron chi connectivity index (χ3n) is 5.07. The molecular formula is C24H33N3O2. The first-order valence-corrected chi connectivity index (χ1v) is 10.5. The van der Waals surface area contributed by atoms with Crippen LogP contribution in [-0.4, -0.2) is 29.9 Å². The number of hydrogen-bond donors (Lipinski definition) is 2. The molecule has 2 aromatic carbocycles. The second-order valence-electron chi connectivity index (χ2n) is 7.32. The van der Waals surface area contributed by atoms with E-state index >= 15 is 0 Å². The minimum atomic E-state index is -0.126. The third-order valence-corrected chi connectivity index (χ3v) is 5.07. The highest BCUT2D eigenvalue weighted by Gasteiger charge is 2.22. The van der Waals surface area contributed by atoms with E-state index in [2.05, 4.69) is 17.6 Å². The highest BCUT2D eigenvalue weighted by molar-refractivity contribution is 5.78. The molecule has 0 aliphatic heterocycles. The average molecular weight is 396 g/mol. The number of unbranched alkanes of at least 4 members (excludes halogenated alkanes) is 1. The SMILES string of the molecule is CCCCNC(=O)N(CCC(=O)NC(C)c1ccccc1)C(C)c1ccccc1. The molecule has 0 aliphatic carbocycles. The average Bonchev–Trinajstić information content (AvgIpc) is 2.75. The van der Waals surface area contributed by atoms with Gasteiger partial charge < -0.3 is 15.5 Å². The topological polar surface area (TPSA) is 61.4 Å². The number of rotatable bonds is 10. The summed E-state index contributed by atoms with van der Waals surface area (Å²) in [5.74, 6) is -0.0621. The van der Waals surface area contributed by atoms with E-state index in [1.54, 1.807) is 4.90 Å². The molecule has 0 bridgehead atoms. The van der Waals surface area contributed by atoms with Crippen LogP contribution in [0.25, 0.3) is 0 Å². The van der Waals surface area contributed by atoms with Crippen LogP contribution in [0.15, 0.2) is 60.7 Å². The predicted molar refractivity (Wildman–Crippen MR) is 117 cm³/mol. The van der Waals surface area contributed by atoms with Gasteiger partial charge in [-0.25, -0.2) is 4.79 Å². The summed E-state index contributed by atoms with van der Waals surface area (Å²) in [5.41, 5.74) is 2.11. The first-order valence-electron chi connectivity index (χ1n) is 10.5. The van der Waals surface area contributed by atoms with Gasteiger partial charge in [-0.1, -0.05) is 74.0 Å². The van der Waals surface area contributed by atoms with Gasteiger partial charge in [-0.2, -0.15) is 0 Å². The Kier molecular flexibility index (Phi) is 9.22. The van der Waals surface area contributed by atoms with Gasteiger partial charge in [0.15, 0.2) is 0 Å². The van der Waals surface area contributed by atoms with Crippen molar-refractivity contribution in [1.82, 2.24) is 15.5 Å². The Hall–Kier alpha value is -2.82. The number of urea groups is 1. The van der Waals surface area contributed by atoms with E-state index in [-0.39, 0.29) is 30.4 Å². The maximum absolute atomic E-state index is 12.8. The molecule has 0 aromatic heterocycles. The van der Waals surface area contributed by atoms with Gasteiger partial charge in [-0.15, -0.1) is 0 Å². The summed E-state index contributed by atoms with van der Waals surface area (Å²) in [7, 11) is 0. The molecule has 0 saturated carbocycles. The second-order valence-corrected chi connectivity index (χ2v) is 7.32. The van der Waals surface area contributed by atoms with Crippen LogP contribution in [0.5, 0.6) is 0 Å². The molecule has 2 atom stereocenters. The smallest absolute Gasteiger partial charge is 0.317 e. The van der Waals surface area contributed by atoms with Gasteiger partial charge in [0.2, 0.25) is 5.91 Å². The molecule has 0 heterocycles. The standard InChI is InChI=1S/C24H33N3O2/c1-4-5-17-25-24(29)27(20(3)22-14-10-7-11-15-22)18-16-23(28)26-19(2)21-12-8-6-9-13-21/h6-15,19-20H,4-5,16-18H2,1-3H3,(H,25,29)(H,26,28). The highest BCUT2D eigenvalue weighted by Crippen LogP contribution is 2.20. The summed E-state index contributed by atoms with van der Waals surface area (Å²) in [6.45, 7) is 7.06. The van der Waals surface area contributed by atoms with Crippen LogP contribution >= 0.6 is 0 Å². The lowest BCUT2D eigenvalue weighted by molar-refractivity contribution is -0.122. The zero-order valence-corrected chi connectivity index (χ0v) is 17.7. The minimum absolute atomic E-state index is 0.0621. The van der Waals surface area contributed by atoms with E-state index in [1.165, 1.54) is 0 Å². The maximum Gasteiger partial charge on any atom is 0.317 e. The Balaban J connectivity index is 1.98. The van der Waals surface area contributed by atoms with Crippen LogP contribution in [0, 0.1) is 0 Å². The van der Waals surface area contributed by atoms with E-state index in [4.69, 9.17) is 0 Å². The Morgan fingerprint density at radius 1 is 0.931 bits per heavy atom. The molecule has 0 fully saturated rings. The molecule has 2 N–H and O–H groups in total. The zero-order valence-electron chi connectivity index (χ0n) is 17.7. The van der Waals surface area contributed by atoms with Crippen molar-refractivity contribution < 1.29 is 9.59 Å². The van der Waals surface area contributed by atoms with E-state index in [1.807, 2.05) is 74.5 Å². The fourth-order valence-corrected chi connectivity index (χ4v) is 3.22. The molecule has 29 heavy (non-hydrogen) atoms. The van der Waals surface area contributed by atoms with E-state index in [0.717, 1.165) is 24.0 Å². The van der Waals surface area contributed by atoms with Crippen LogP contribution in [0.2, 0.25) is 0 Å². The monoisotopic (exact) mass is 395 g/mol. The second kappa shape index (κ2) is 11.9. The van der Waals surface area contributed by atoms with Crippen molar-refractivity contribution in [2.24, 2.45) is 0 Å². The van der Waals surface area contributed by atoms with Crippen molar-refractivity contribution in [2.45, 2.75) is 52.1 Å². The Morgan fingerprint density at radius 3 is 2.10 bits per heavy atom. The van der Waals surface area contributed by atoms with Crippen molar-refractivity contribution in [3.63, 3.8) is 0 Å². The molecule has 0 radical (unpaired) electrons. The van der Waals surface area contributed by atoms with Gasteiger partial charge in [0.05, 0.1) is 12.1 Å². The van der Waals surface area contributed by atoms with E-state index in [9.17, 15) is 9.59 Å².